The molecule has 0 heterocycles. The van der Waals surface area contributed by atoms with Gasteiger partial charge < -0.3 is 14.8 Å². The third kappa shape index (κ3) is 5.08. The molecule has 0 aliphatic rings. The molecule has 140 valence electrons. The predicted octanol–water partition coefficient (Wildman–Crippen LogP) is 5.60. The van der Waals surface area contributed by atoms with Crippen LogP contribution in [-0.4, -0.2) is 19.6 Å². The molecule has 0 saturated carbocycles. The zero-order valence-electron chi connectivity index (χ0n) is 14.5. The van der Waals surface area contributed by atoms with Crippen LogP contribution in [0.5, 0.6) is 11.5 Å². The topological polar surface area (TPSA) is 71.3 Å². The molecule has 0 unspecified atom stereocenters. The lowest BCUT2D eigenvalue weighted by atomic mass is 10.1. The Labute approximate surface area is 172 Å². The summed E-state index contributed by atoms with van der Waals surface area (Å²) >= 11 is 18.2. The predicted molar refractivity (Wildman–Crippen MR) is 108 cm³/mol. The van der Waals surface area contributed by atoms with Gasteiger partial charge in [-0.15, -0.1) is 0 Å². The largest absolute Gasteiger partial charge is 0.491 e. The van der Waals surface area contributed by atoms with Crippen molar-refractivity contribution in [2.45, 2.75) is 6.92 Å². The Hall–Kier alpha value is -2.39. The van der Waals surface area contributed by atoms with Crippen molar-refractivity contribution in [3.63, 3.8) is 0 Å². The average molecular weight is 426 g/mol. The monoisotopic (exact) mass is 424 g/mol. The summed E-state index contributed by atoms with van der Waals surface area (Å²) < 4.78 is 10.7. The number of hydrogen-bond donors (Lipinski definition) is 1. The van der Waals surface area contributed by atoms with Crippen molar-refractivity contribution in [2.24, 2.45) is 0 Å². The second kappa shape index (κ2) is 9.52. The Bertz CT molecular complexity index is 937. The summed E-state index contributed by atoms with van der Waals surface area (Å²) in [7, 11) is 1.47. The minimum atomic E-state index is -0.633. The van der Waals surface area contributed by atoms with Crippen LogP contribution in [0.4, 0.5) is 5.69 Å². The summed E-state index contributed by atoms with van der Waals surface area (Å²) in [5.41, 5.74) is 0.668. The number of nitriles is 1. The molecule has 0 fully saturated rings. The first-order valence-corrected chi connectivity index (χ1v) is 8.92. The minimum absolute atomic E-state index is 0.144. The number of carbonyl (C=O) groups excluding carboxylic acids is 1. The first-order valence-electron chi connectivity index (χ1n) is 7.78. The van der Waals surface area contributed by atoms with Crippen molar-refractivity contribution < 1.29 is 14.3 Å². The van der Waals surface area contributed by atoms with Crippen molar-refractivity contribution in [3.8, 4) is 17.6 Å². The van der Waals surface area contributed by atoms with Gasteiger partial charge in [-0.3, -0.25) is 4.79 Å². The molecule has 1 amide bonds. The van der Waals surface area contributed by atoms with Gasteiger partial charge in [-0.2, -0.15) is 5.26 Å². The van der Waals surface area contributed by atoms with Crippen LogP contribution in [0, 0.1) is 11.3 Å². The molecule has 2 rings (SSSR count). The van der Waals surface area contributed by atoms with E-state index in [-0.39, 0.29) is 10.6 Å². The highest BCUT2D eigenvalue weighted by atomic mass is 35.5. The fourth-order valence-electron chi connectivity index (χ4n) is 2.24. The van der Waals surface area contributed by atoms with E-state index in [4.69, 9.17) is 44.3 Å². The van der Waals surface area contributed by atoms with Gasteiger partial charge in [-0.05, 0) is 42.8 Å². The number of nitrogens with zero attached hydrogens (tertiary/aromatic N) is 1. The molecule has 2 aromatic carbocycles. The molecule has 0 radical (unpaired) electrons. The molecule has 1 N–H and O–H groups in total. The lowest BCUT2D eigenvalue weighted by Gasteiger charge is -2.12. The Morgan fingerprint density at radius 1 is 1.26 bits per heavy atom. The summed E-state index contributed by atoms with van der Waals surface area (Å²) in [5.74, 6) is 0.158. The van der Waals surface area contributed by atoms with Gasteiger partial charge in [-0.25, -0.2) is 0 Å². The van der Waals surface area contributed by atoms with Crippen LogP contribution in [0.3, 0.4) is 0 Å². The second-order valence-corrected chi connectivity index (χ2v) is 6.38. The molecule has 5 nitrogen and oxygen atoms in total. The van der Waals surface area contributed by atoms with Crippen molar-refractivity contribution in [1.82, 2.24) is 0 Å². The van der Waals surface area contributed by atoms with E-state index in [0.29, 0.717) is 39.4 Å². The maximum absolute atomic E-state index is 12.4. The molecule has 0 aliphatic heterocycles. The van der Waals surface area contributed by atoms with Gasteiger partial charge in [-0.1, -0.05) is 40.9 Å². The number of hydrogen-bond acceptors (Lipinski definition) is 4. The summed E-state index contributed by atoms with van der Waals surface area (Å²) in [5, 5.41) is 12.7. The van der Waals surface area contributed by atoms with E-state index in [0.717, 1.165) is 0 Å². The van der Waals surface area contributed by atoms with Gasteiger partial charge in [0.1, 0.15) is 11.6 Å². The molecular weight excluding hydrogens is 411 g/mol. The van der Waals surface area contributed by atoms with Gasteiger partial charge >= 0.3 is 0 Å². The Morgan fingerprint density at radius 3 is 2.63 bits per heavy atom. The quantitative estimate of drug-likeness (QED) is 0.483. The van der Waals surface area contributed by atoms with Crippen LogP contribution in [0.15, 0.2) is 35.9 Å². The minimum Gasteiger partial charge on any atom is -0.491 e. The zero-order chi connectivity index (χ0) is 20.0. The van der Waals surface area contributed by atoms with E-state index in [2.05, 4.69) is 5.32 Å². The van der Waals surface area contributed by atoms with Gasteiger partial charge in [0.05, 0.1) is 34.5 Å². The normalized spacial score (nSPS) is 10.9. The number of amides is 1. The maximum Gasteiger partial charge on any atom is 0.266 e. The number of carbonyl (C=O) groups is 1. The lowest BCUT2D eigenvalue weighted by Crippen LogP contribution is -2.13. The lowest BCUT2D eigenvalue weighted by molar-refractivity contribution is -0.112. The average Bonchev–Trinajstić information content (AvgIpc) is 2.63. The Morgan fingerprint density at radius 2 is 2.00 bits per heavy atom. The third-order valence-electron chi connectivity index (χ3n) is 3.41. The third-order valence-corrected chi connectivity index (χ3v) is 4.51. The number of nitrogens with one attached hydrogen (secondary N) is 1. The van der Waals surface area contributed by atoms with Gasteiger partial charge in [0, 0.05) is 0 Å². The molecule has 0 bridgehead atoms. The standard InChI is InChI=1S/C19H15Cl3N2O3/c1-3-27-16-9-11(8-14(21)18(16)26-2)7-12(10-23)19(25)24-15-6-4-5-13(20)17(15)22/h4-9H,3H2,1-2H3,(H,24,25)/b12-7-. The van der Waals surface area contributed by atoms with Crippen molar-refractivity contribution in [2.75, 3.05) is 19.0 Å². The zero-order valence-corrected chi connectivity index (χ0v) is 16.7. The van der Waals surface area contributed by atoms with E-state index in [1.807, 2.05) is 13.0 Å². The Kier molecular flexibility index (Phi) is 7.37. The number of halogens is 3. The van der Waals surface area contributed by atoms with E-state index in [1.54, 1.807) is 30.3 Å². The number of ether oxygens (including phenoxy) is 2. The highest BCUT2D eigenvalue weighted by Crippen LogP contribution is 2.37. The molecule has 27 heavy (non-hydrogen) atoms. The fourth-order valence-corrected chi connectivity index (χ4v) is 2.88. The van der Waals surface area contributed by atoms with Crippen molar-refractivity contribution >= 4 is 52.5 Å². The molecule has 0 spiro atoms. The number of benzene rings is 2. The summed E-state index contributed by atoms with van der Waals surface area (Å²) in [6.45, 7) is 2.22. The first kappa shape index (κ1) is 20.9. The fraction of sp³-hybridized carbons (Fsp3) is 0.158. The molecule has 0 atom stereocenters. The van der Waals surface area contributed by atoms with Crippen LogP contribution in [0.2, 0.25) is 15.1 Å². The summed E-state index contributed by atoms with van der Waals surface area (Å²) in [4.78, 5) is 12.4. The molecule has 0 saturated heterocycles. The molecular formula is C19H15Cl3N2O3. The smallest absolute Gasteiger partial charge is 0.266 e. The highest BCUT2D eigenvalue weighted by Gasteiger charge is 2.15. The maximum atomic E-state index is 12.4. The van der Waals surface area contributed by atoms with Crippen LogP contribution >= 0.6 is 34.8 Å². The van der Waals surface area contributed by atoms with Crippen molar-refractivity contribution in [1.29, 1.82) is 5.26 Å². The SMILES string of the molecule is CCOc1cc(/C=C(/C#N)C(=O)Nc2cccc(Cl)c2Cl)cc(Cl)c1OC. The molecule has 0 aromatic heterocycles. The van der Waals surface area contributed by atoms with Gasteiger partial charge in [0.2, 0.25) is 0 Å². The Balaban J connectivity index is 2.36. The summed E-state index contributed by atoms with van der Waals surface area (Å²) in [6.07, 6.45) is 1.39. The molecule has 2 aromatic rings. The first-order chi connectivity index (χ1) is 12.9. The van der Waals surface area contributed by atoms with E-state index in [1.165, 1.54) is 13.2 Å². The van der Waals surface area contributed by atoms with Gasteiger partial charge in [0.25, 0.3) is 5.91 Å². The van der Waals surface area contributed by atoms with Crippen LogP contribution in [0.1, 0.15) is 12.5 Å². The number of methoxy groups -OCH3 is 1. The molecule has 8 heteroatoms. The van der Waals surface area contributed by atoms with E-state index >= 15 is 0 Å². The highest BCUT2D eigenvalue weighted by molar-refractivity contribution is 6.44. The number of rotatable bonds is 6. The number of anilines is 1. The summed E-state index contributed by atoms with van der Waals surface area (Å²) in [6, 6.07) is 9.87. The van der Waals surface area contributed by atoms with Crippen LogP contribution < -0.4 is 14.8 Å². The van der Waals surface area contributed by atoms with Crippen molar-refractivity contribution in [3.05, 3.63) is 56.5 Å². The van der Waals surface area contributed by atoms with Crippen LogP contribution in [0.25, 0.3) is 6.08 Å². The second-order valence-electron chi connectivity index (χ2n) is 5.19. The van der Waals surface area contributed by atoms with E-state index < -0.39 is 5.91 Å². The van der Waals surface area contributed by atoms with E-state index in [9.17, 15) is 10.1 Å². The molecule has 0 aliphatic carbocycles. The van der Waals surface area contributed by atoms with Gasteiger partial charge in [0.15, 0.2) is 11.5 Å². The van der Waals surface area contributed by atoms with Crippen LogP contribution in [-0.2, 0) is 4.79 Å².